The van der Waals surface area contributed by atoms with Gasteiger partial charge < -0.3 is 5.43 Å². The molecule has 0 amide bonds. The Morgan fingerprint density at radius 2 is 2.21 bits per heavy atom. The number of hydrogen-bond donors (Lipinski definition) is 3. The summed E-state index contributed by atoms with van der Waals surface area (Å²) in [5.74, 6) is 5.33. The van der Waals surface area contributed by atoms with E-state index in [0.29, 0.717) is 5.69 Å². The van der Waals surface area contributed by atoms with Crippen molar-refractivity contribution in [3.8, 4) is 0 Å². The lowest BCUT2D eigenvalue weighted by molar-refractivity contribution is 0.312. The maximum atomic E-state index is 12.4. The molecule has 1 fully saturated rings. The minimum Gasteiger partial charge on any atom is -0.321 e. The van der Waals surface area contributed by atoms with E-state index >= 15 is 0 Å². The summed E-state index contributed by atoms with van der Waals surface area (Å²) >= 11 is 0. The van der Waals surface area contributed by atoms with E-state index in [4.69, 9.17) is 5.84 Å². The minimum atomic E-state index is -3.66. The summed E-state index contributed by atoms with van der Waals surface area (Å²) in [5, 5.41) is -0.0554. The van der Waals surface area contributed by atoms with Gasteiger partial charge in [-0.15, -0.1) is 0 Å². The van der Waals surface area contributed by atoms with Crippen molar-refractivity contribution in [1.29, 1.82) is 0 Å². The maximum absolute atomic E-state index is 12.4. The van der Waals surface area contributed by atoms with Crippen LogP contribution in [-0.2, 0) is 10.0 Å². The van der Waals surface area contributed by atoms with Gasteiger partial charge in [-0.25, -0.2) is 18.1 Å². The number of anilines is 1. The van der Waals surface area contributed by atoms with E-state index in [2.05, 4.69) is 29.0 Å². The lowest BCUT2D eigenvalue weighted by Crippen LogP contribution is -2.41. The van der Waals surface area contributed by atoms with Crippen LogP contribution < -0.4 is 16.0 Å². The van der Waals surface area contributed by atoms with Crippen LogP contribution in [-0.4, -0.2) is 19.4 Å². The Bertz CT molecular complexity index is 557. The van der Waals surface area contributed by atoms with Gasteiger partial charge in [0.15, 0.2) is 5.03 Å². The number of pyridine rings is 1. The molecule has 1 aliphatic carbocycles. The van der Waals surface area contributed by atoms with E-state index in [-0.39, 0.29) is 16.5 Å². The van der Waals surface area contributed by atoms with Gasteiger partial charge in [-0.1, -0.05) is 20.3 Å². The fraction of sp³-hybridized carbons (Fsp3) is 0.583. The van der Waals surface area contributed by atoms with Crippen LogP contribution in [0.15, 0.2) is 23.4 Å². The van der Waals surface area contributed by atoms with Gasteiger partial charge in [0.25, 0.3) is 10.0 Å². The van der Waals surface area contributed by atoms with E-state index in [1.165, 1.54) is 6.20 Å². The van der Waals surface area contributed by atoms with Gasteiger partial charge in [0, 0.05) is 12.2 Å². The van der Waals surface area contributed by atoms with Crippen molar-refractivity contribution in [2.24, 2.45) is 11.3 Å². The second-order valence-electron chi connectivity index (χ2n) is 5.56. The molecule has 1 unspecified atom stereocenters. The van der Waals surface area contributed by atoms with Crippen LogP contribution in [0.4, 0.5) is 5.69 Å². The molecule has 0 saturated heterocycles. The molecule has 0 aromatic carbocycles. The molecular formula is C12H20N4O2S. The normalized spacial score (nSPS) is 22.4. The molecule has 6 nitrogen and oxygen atoms in total. The van der Waals surface area contributed by atoms with Crippen molar-refractivity contribution in [3.05, 3.63) is 18.3 Å². The average Bonchev–Trinajstić information content (AvgIpc) is 2.68. The standard InChI is InChI=1S/C12H20N4O2S/c1-12(2)7-3-6-10(12)16-19(17,18)11-9(15-13)5-4-8-14-11/h4-5,8,10,15-16H,3,6-7,13H2,1-2H3. The second-order valence-corrected chi connectivity index (χ2v) is 7.18. The SMILES string of the molecule is CC1(C)CCCC1NS(=O)(=O)c1ncccc1NN. The van der Waals surface area contributed by atoms with Gasteiger partial charge >= 0.3 is 0 Å². The molecule has 7 heteroatoms. The molecule has 1 aromatic rings. The van der Waals surface area contributed by atoms with E-state index in [0.717, 1.165) is 19.3 Å². The van der Waals surface area contributed by atoms with Crippen molar-refractivity contribution >= 4 is 15.7 Å². The molecule has 1 aromatic heterocycles. The summed E-state index contributed by atoms with van der Waals surface area (Å²) in [5.41, 5.74) is 2.63. The third kappa shape index (κ3) is 2.88. The van der Waals surface area contributed by atoms with Crippen molar-refractivity contribution in [2.75, 3.05) is 5.43 Å². The first-order valence-corrected chi connectivity index (χ1v) is 7.79. The lowest BCUT2D eigenvalue weighted by Gasteiger charge is -2.27. The number of nitrogens with two attached hydrogens (primary N) is 1. The average molecular weight is 284 g/mol. The monoisotopic (exact) mass is 284 g/mol. The molecule has 1 atom stereocenters. The molecule has 1 aliphatic rings. The highest BCUT2D eigenvalue weighted by molar-refractivity contribution is 7.89. The van der Waals surface area contributed by atoms with Gasteiger partial charge in [0.2, 0.25) is 0 Å². The third-order valence-corrected chi connectivity index (χ3v) is 5.17. The van der Waals surface area contributed by atoms with Gasteiger partial charge in [0.1, 0.15) is 0 Å². The zero-order valence-electron chi connectivity index (χ0n) is 11.2. The van der Waals surface area contributed by atoms with E-state index in [9.17, 15) is 8.42 Å². The predicted octanol–water partition coefficient (Wildman–Crippen LogP) is 1.22. The predicted molar refractivity (Wildman–Crippen MR) is 73.8 cm³/mol. The van der Waals surface area contributed by atoms with Gasteiger partial charge in [0.05, 0.1) is 5.69 Å². The van der Waals surface area contributed by atoms with Crippen molar-refractivity contribution in [3.63, 3.8) is 0 Å². The summed E-state index contributed by atoms with van der Waals surface area (Å²) in [6.45, 7) is 4.15. The number of sulfonamides is 1. The molecule has 0 spiro atoms. The first kappa shape index (κ1) is 14.2. The summed E-state index contributed by atoms with van der Waals surface area (Å²) in [6, 6.07) is 3.15. The first-order valence-electron chi connectivity index (χ1n) is 6.31. The quantitative estimate of drug-likeness (QED) is 0.570. The van der Waals surface area contributed by atoms with Crippen LogP contribution in [0.2, 0.25) is 0 Å². The molecule has 0 bridgehead atoms. The molecule has 106 valence electrons. The molecule has 0 aliphatic heterocycles. The highest BCUT2D eigenvalue weighted by Gasteiger charge is 2.38. The Hall–Kier alpha value is -1.18. The van der Waals surface area contributed by atoms with Crippen LogP contribution in [0.3, 0.4) is 0 Å². The number of rotatable bonds is 4. The first-order chi connectivity index (χ1) is 8.87. The van der Waals surface area contributed by atoms with Crippen molar-refractivity contribution < 1.29 is 8.42 Å². The summed E-state index contributed by atoms with van der Waals surface area (Å²) < 4.78 is 27.5. The molecule has 4 N–H and O–H groups in total. The van der Waals surface area contributed by atoms with E-state index in [1.54, 1.807) is 12.1 Å². The minimum absolute atomic E-state index is 0.0296. The molecule has 2 rings (SSSR count). The summed E-state index contributed by atoms with van der Waals surface area (Å²) in [7, 11) is -3.66. The molecule has 1 heterocycles. The van der Waals surface area contributed by atoms with Crippen LogP contribution in [0, 0.1) is 5.41 Å². The Morgan fingerprint density at radius 1 is 1.47 bits per heavy atom. The Labute approximate surface area is 113 Å². The van der Waals surface area contributed by atoms with Gasteiger partial charge in [-0.05, 0) is 30.4 Å². The summed E-state index contributed by atoms with van der Waals surface area (Å²) in [4.78, 5) is 3.92. The number of hydrazine groups is 1. The largest absolute Gasteiger partial charge is 0.321 e. The van der Waals surface area contributed by atoms with Crippen molar-refractivity contribution in [1.82, 2.24) is 9.71 Å². The second kappa shape index (κ2) is 5.07. The van der Waals surface area contributed by atoms with Crippen LogP contribution >= 0.6 is 0 Å². The number of nitrogens with zero attached hydrogens (tertiary/aromatic N) is 1. The van der Waals surface area contributed by atoms with E-state index in [1.807, 2.05) is 0 Å². The van der Waals surface area contributed by atoms with E-state index < -0.39 is 10.0 Å². The highest BCUT2D eigenvalue weighted by atomic mass is 32.2. The number of nitrogens with one attached hydrogen (secondary N) is 2. The third-order valence-electron chi connectivity index (χ3n) is 3.74. The topological polar surface area (TPSA) is 97.1 Å². The Balaban J connectivity index is 2.28. The van der Waals surface area contributed by atoms with Crippen LogP contribution in [0.5, 0.6) is 0 Å². The molecular weight excluding hydrogens is 264 g/mol. The van der Waals surface area contributed by atoms with Gasteiger partial charge in [-0.3, -0.25) is 5.84 Å². The van der Waals surface area contributed by atoms with Crippen LogP contribution in [0.25, 0.3) is 0 Å². The lowest BCUT2D eigenvalue weighted by atomic mass is 9.88. The summed E-state index contributed by atoms with van der Waals surface area (Å²) in [6.07, 6.45) is 4.34. The van der Waals surface area contributed by atoms with Crippen LogP contribution in [0.1, 0.15) is 33.1 Å². The zero-order chi connectivity index (χ0) is 14.1. The Kier molecular flexibility index (Phi) is 3.80. The molecule has 0 radical (unpaired) electrons. The van der Waals surface area contributed by atoms with Gasteiger partial charge in [-0.2, -0.15) is 0 Å². The fourth-order valence-corrected chi connectivity index (χ4v) is 4.04. The smallest absolute Gasteiger partial charge is 0.260 e. The molecule has 19 heavy (non-hydrogen) atoms. The van der Waals surface area contributed by atoms with Crippen molar-refractivity contribution in [2.45, 2.75) is 44.2 Å². The highest BCUT2D eigenvalue weighted by Crippen LogP contribution is 2.38. The Morgan fingerprint density at radius 3 is 2.79 bits per heavy atom. The number of aromatic nitrogens is 1. The number of hydrogen-bond acceptors (Lipinski definition) is 5. The zero-order valence-corrected chi connectivity index (χ0v) is 12.0. The number of nitrogen functional groups attached to an aromatic ring is 1. The maximum Gasteiger partial charge on any atom is 0.260 e. The fourth-order valence-electron chi connectivity index (χ4n) is 2.50. The molecule has 1 saturated carbocycles.